The molecule has 28 heavy (non-hydrogen) atoms. The molecule has 0 saturated carbocycles. The van der Waals surface area contributed by atoms with Crippen LogP contribution in [0.5, 0.6) is 0 Å². The van der Waals surface area contributed by atoms with E-state index < -0.39 is 6.04 Å². The molecule has 6 heteroatoms. The number of methoxy groups -OCH3 is 1. The number of carbonyl (C=O) groups excluding carboxylic acids is 1. The van der Waals surface area contributed by atoms with E-state index in [4.69, 9.17) is 9.47 Å². The summed E-state index contributed by atoms with van der Waals surface area (Å²) in [5.74, 6) is -0.440. The summed E-state index contributed by atoms with van der Waals surface area (Å²) < 4.78 is 24.0. The Morgan fingerprint density at radius 2 is 1.79 bits per heavy atom. The van der Waals surface area contributed by atoms with Crippen LogP contribution in [-0.4, -0.2) is 50.3 Å². The van der Waals surface area contributed by atoms with Crippen molar-refractivity contribution < 1.29 is 18.7 Å². The topological polar surface area (TPSA) is 50.8 Å². The van der Waals surface area contributed by atoms with Gasteiger partial charge in [0.25, 0.3) is 0 Å². The van der Waals surface area contributed by atoms with Crippen LogP contribution in [0.1, 0.15) is 24.4 Å². The number of hydrogen-bond acceptors (Lipinski definition) is 4. The summed E-state index contributed by atoms with van der Waals surface area (Å²) in [6.45, 7) is 2.73. The smallest absolute Gasteiger partial charge is 0.246 e. The fraction of sp³-hybridized carbons (Fsp3) is 0.409. The van der Waals surface area contributed by atoms with Gasteiger partial charge < -0.3 is 14.8 Å². The second-order valence-electron chi connectivity index (χ2n) is 6.91. The second kappa shape index (κ2) is 10.3. The summed E-state index contributed by atoms with van der Waals surface area (Å²) >= 11 is 0. The lowest BCUT2D eigenvalue weighted by molar-refractivity contribution is -0.123. The van der Waals surface area contributed by atoms with Gasteiger partial charge in [-0.25, -0.2) is 4.39 Å². The number of rotatable bonds is 8. The number of nitrogens with zero attached hydrogens (tertiary/aromatic N) is 1. The molecule has 0 aromatic heterocycles. The number of likely N-dealkylation sites (tertiary alicyclic amines) is 1. The molecule has 1 fully saturated rings. The maximum atomic E-state index is 13.1. The standard InChI is InChI=1S/C22H27FN2O3/c1-27-15-16-28-20-11-13-25(14-12-20)21(17-5-3-2-4-6-17)22(26)24-19-9-7-18(23)8-10-19/h2-10,20-21H,11-16H2,1H3,(H,24,26)/t21-/m1/s1. The Hall–Kier alpha value is -2.28. The van der Waals surface area contributed by atoms with Crippen LogP contribution in [0.15, 0.2) is 54.6 Å². The molecule has 1 aliphatic rings. The van der Waals surface area contributed by atoms with Gasteiger partial charge in [0.1, 0.15) is 11.9 Å². The monoisotopic (exact) mass is 386 g/mol. The third-order valence-electron chi connectivity index (χ3n) is 4.96. The lowest BCUT2D eigenvalue weighted by Gasteiger charge is -2.37. The van der Waals surface area contributed by atoms with E-state index in [2.05, 4.69) is 10.2 Å². The minimum absolute atomic E-state index is 0.114. The van der Waals surface area contributed by atoms with Gasteiger partial charge in [-0.15, -0.1) is 0 Å². The molecule has 0 aliphatic carbocycles. The number of benzene rings is 2. The molecule has 1 N–H and O–H groups in total. The van der Waals surface area contributed by atoms with Crippen molar-refractivity contribution in [1.82, 2.24) is 4.90 Å². The van der Waals surface area contributed by atoms with E-state index in [9.17, 15) is 9.18 Å². The molecule has 1 saturated heterocycles. The molecule has 150 valence electrons. The fourth-order valence-corrected chi connectivity index (χ4v) is 3.51. The van der Waals surface area contributed by atoms with Crippen LogP contribution < -0.4 is 5.32 Å². The molecular weight excluding hydrogens is 359 g/mol. The van der Waals surface area contributed by atoms with Crippen molar-refractivity contribution in [3.63, 3.8) is 0 Å². The molecule has 2 aromatic carbocycles. The number of amides is 1. The van der Waals surface area contributed by atoms with E-state index in [1.165, 1.54) is 12.1 Å². The predicted octanol–water partition coefficient (Wildman–Crippen LogP) is 3.63. The summed E-state index contributed by atoms with van der Waals surface area (Å²) in [5.41, 5.74) is 1.53. The van der Waals surface area contributed by atoms with Crippen molar-refractivity contribution in [2.45, 2.75) is 25.0 Å². The SMILES string of the molecule is COCCOC1CCN([C@@H](C(=O)Nc2ccc(F)cc2)c2ccccc2)CC1. The quantitative estimate of drug-likeness (QED) is 0.704. The van der Waals surface area contributed by atoms with Crippen molar-refractivity contribution in [3.8, 4) is 0 Å². The molecule has 0 bridgehead atoms. The summed E-state index contributed by atoms with van der Waals surface area (Å²) in [4.78, 5) is 15.3. The van der Waals surface area contributed by atoms with E-state index in [0.717, 1.165) is 31.5 Å². The van der Waals surface area contributed by atoms with Gasteiger partial charge in [-0.3, -0.25) is 9.69 Å². The Kier molecular flexibility index (Phi) is 7.54. The molecular formula is C22H27FN2O3. The molecule has 0 radical (unpaired) electrons. The van der Waals surface area contributed by atoms with Crippen molar-refractivity contribution in [3.05, 3.63) is 66.0 Å². The largest absolute Gasteiger partial charge is 0.382 e. The van der Waals surface area contributed by atoms with Gasteiger partial charge in [0, 0.05) is 25.9 Å². The molecule has 2 aromatic rings. The summed E-state index contributed by atoms with van der Waals surface area (Å²) in [6.07, 6.45) is 1.94. The zero-order valence-corrected chi connectivity index (χ0v) is 16.1. The van der Waals surface area contributed by atoms with Gasteiger partial charge in [-0.2, -0.15) is 0 Å². The normalized spacial score (nSPS) is 16.6. The van der Waals surface area contributed by atoms with Crippen LogP contribution in [0.3, 0.4) is 0 Å². The average Bonchev–Trinajstić information content (AvgIpc) is 2.72. The van der Waals surface area contributed by atoms with Crippen LogP contribution in [0.25, 0.3) is 0 Å². The van der Waals surface area contributed by atoms with Crippen molar-refractivity contribution in [2.75, 3.05) is 38.7 Å². The first-order valence-corrected chi connectivity index (χ1v) is 9.63. The van der Waals surface area contributed by atoms with E-state index >= 15 is 0 Å². The van der Waals surface area contributed by atoms with Crippen LogP contribution in [0.4, 0.5) is 10.1 Å². The Balaban J connectivity index is 1.68. The number of ether oxygens (including phenoxy) is 2. The third-order valence-corrected chi connectivity index (χ3v) is 4.96. The van der Waals surface area contributed by atoms with Gasteiger partial charge in [0.05, 0.1) is 19.3 Å². The van der Waals surface area contributed by atoms with Crippen LogP contribution >= 0.6 is 0 Å². The predicted molar refractivity (Wildman–Crippen MR) is 107 cm³/mol. The maximum absolute atomic E-state index is 13.1. The first kappa shape index (κ1) is 20.5. The highest BCUT2D eigenvalue weighted by Gasteiger charge is 2.31. The van der Waals surface area contributed by atoms with E-state index in [0.29, 0.717) is 18.9 Å². The van der Waals surface area contributed by atoms with Crippen LogP contribution in [0.2, 0.25) is 0 Å². The minimum Gasteiger partial charge on any atom is -0.382 e. The van der Waals surface area contributed by atoms with Crippen molar-refractivity contribution in [1.29, 1.82) is 0 Å². The number of carbonyl (C=O) groups is 1. The van der Waals surface area contributed by atoms with Gasteiger partial charge in [-0.1, -0.05) is 30.3 Å². The van der Waals surface area contributed by atoms with Gasteiger partial charge in [0.15, 0.2) is 0 Å². The fourth-order valence-electron chi connectivity index (χ4n) is 3.51. The van der Waals surface area contributed by atoms with E-state index in [1.54, 1.807) is 19.2 Å². The first-order chi connectivity index (χ1) is 13.7. The van der Waals surface area contributed by atoms with Crippen molar-refractivity contribution >= 4 is 11.6 Å². The average molecular weight is 386 g/mol. The Bertz CT molecular complexity index is 731. The molecule has 0 spiro atoms. The summed E-state index contributed by atoms with van der Waals surface area (Å²) in [7, 11) is 1.66. The van der Waals surface area contributed by atoms with Crippen LogP contribution in [0, 0.1) is 5.82 Å². The molecule has 1 heterocycles. The Morgan fingerprint density at radius 3 is 2.43 bits per heavy atom. The van der Waals surface area contributed by atoms with Crippen molar-refractivity contribution in [2.24, 2.45) is 0 Å². The molecule has 1 atom stereocenters. The van der Waals surface area contributed by atoms with E-state index in [1.807, 2.05) is 30.3 Å². The van der Waals surface area contributed by atoms with Gasteiger partial charge in [0.2, 0.25) is 5.91 Å². The highest BCUT2D eigenvalue weighted by molar-refractivity contribution is 5.95. The Morgan fingerprint density at radius 1 is 1.11 bits per heavy atom. The third kappa shape index (κ3) is 5.61. The number of halogens is 1. The number of nitrogens with one attached hydrogen (secondary N) is 1. The second-order valence-corrected chi connectivity index (χ2v) is 6.91. The maximum Gasteiger partial charge on any atom is 0.246 e. The van der Waals surface area contributed by atoms with Gasteiger partial charge >= 0.3 is 0 Å². The molecule has 3 rings (SSSR count). The minimum atomic E-state index is -0.397. The van der Waals surface area contributed by atoms with Crippen LogP contribution in [-0.2, 0) is 14.3 Å². The lowest BCUT2D eigenvalue weighted by Crippen LogP contribution is -2.44. The molecule has 5 nitrogen and oxygen atoms in total. The number of anilines is 1. The zero-order valence-electron chi connectivity index (χ0n) is 16.1. The number of hydrogen-bond donors (Lipinski definition) is 1. The molecule has 1 aliphatic heterocycles. The first-order valence-electron chi connectivity index (χ1n) is 9.63. The van der Waals surface area contributed by atoms with E-state index in [-0.39, 0.29) is 17.8 Å². The Labute approximate surface area is 165 Å². The number of piperidine rings is 1. The molecule has 0 unspecified atom stereocenters. The summed E-state index contributed by atoms with van der Waals surface area (Å²) in [5, 5.41) is 2.92. The highest BCUT2D eigenvalue weighted by Crippen LogP contribution is 2.27. The van der Waals surface area contributed by atoms with Gasteiger partial charge in [-0.05, 0) is 42.7 Å². The highest BCUT2D eigenvalue weighted by atomic mass is 19.1. The zero-order chi connectivity index (χ0) is 19.8. The summed E-state index contributed by atoms with van der Waals surface area (Å²) in [6, 6.07) is 15.2. The lowest BCUT2D eigenvalue weighted by atomic mass is 9.99. The molecule has 1 amide bonds.